The summed E-state index contributed by atoms with van der Waals surface area (Å²) in [6.07, 6.45) is -0.105. The van der Waals surface area contributed by atoms with Crippen LogP contribution in [0, 0.1) is 6.92 Å². The lowest BCUT2D eigenvalue weighted by molar-refractivity contribution is -0.0359. The van der Waals surface area contributed by atoms with Gasteiger partial charge < -0.3 is 9.84 Å². The van der Waals surface area contributed by atoms with Crippen molar-refractivity contribution in [2.24, 2.45) is 0 Å². The fourth-order valence-corrected chi connectivity index (χ4v) is 2.67. The van der Waals surface area contributed by atoms with E-state index in [1.807, 2.05) is 30.3 Å². The van der Waals surface area contributed by atoms with E-state index in [0.717, 1.165) is 11.3 Å². The van der Waals surface area contributed by atoms with Gasteiger partial charge in [0.1, 0.15) is 5.75 Å². The number of benzene rings is 2. The van der Waals surface area contributed by atoms with Crippen LogP contribution in [0.15, 0.2) is 48.5 Å². The summed E-state index contributed by atoms with van der Waals surface area (Å²) in [5.41, 5.74) is 3.69. The monoisotopic (exact) mass is 240 g/mol. The molecule has 0 amide bonds. The summed E-state index contributed by atoms with van der Waals surface area (Å²) in [4.78, 5) is 0. The Morgan fingerprint density at radius 3 is 2.44 bits per heavy atom. The second-order valence-corrected chi connectivity index (χ2v) is 4.76. The minimum Gasteiger partial charge on any atom is -0.465 e. The summed E-state index contributed by atoms with van der Waals surface area (Å²) in [5, 5.41) is 9.86. The van der Waals surface area contributed by atoms with Crippen molar-refractivity contribution < 1.29 is 9.84 Å². The van der Waals surface area contributed by atoms with Crippen molar-refractivity contribution in [1.29, 1.82) is 0 Å². The van der Waals surface area contributed by atoms with Crippen molar-refractivity contribution in [2.45, 2.75) is 25.6 Å². The number of hydrogen-bond acceptors (Lipinski definition) is 2. The molecule has 2 heteroatoms. The minimum absolute atomic E-state index is 0.214. The molecule has 0 spiro atoms. The smallest absolute Gasteiger partial charge is 0.198 e. The number of aliphatic hydroxyl groups is 1. The third kappa shape index (κ3) is 1.89. The first-order valence-corrected chi connectivity index (χ1v) is 6.25. The van der Waals surface area contributed by atoms with E-state index >= 15 is 0 Å². The number of para-hydroxylation sites is 1. The summed E-state index contributed by atoms with van der Waals surface area (Å²) in [6.45, 7) is 2.11. The van der Waals surface area contributed by atoms with Crippen LogP contribution in [0.2, 0.25) is 0 Å². The van der Waals surface area contributed by atoms with Crippen LogP contribution in [0.1, 0.15) is 29.0 Å². The van der Waals surface area contributed by atoms with Gasteiger partial charge in [0, 0.05) is 17.9 Å². The van der Waals surface area contributed by atoms with Crippen molar-refractivity contribution in [3.8, 4) is 5.75 Å². The van der Waals surface area contributed by atoms with E-state index in [2.05, 4.69) is 25.1 Å². The molecular weight excluding hydrogens is 224 g/mol. The summed E-state index contributed by atoms with van der Waals surface area (Å²) >= 11 is 0. The van der Waals surface area contributed by atoms with E-state index in [1.165, 1.54) is 11.1 Å². The van der Waals surface area contributed by atoms with Gasteiger partial charge in [-0.2, -0.15) is 0 Å². The Balaban J connectivity index is 2.11. The maximum atomic E-state index is 9.86. The van der Waals surface area contributed by atoms with E-state index in [4.69, 9.17) is 4.74 Å². The van der Waals surface area contributed by atoms with E-state index in [1.54, 1.807) is 0 Å². The highest BCUT2D eigenvalue weighted by atomic mass is 16.6. The zero-order chi connectivity index (χ0) is 12.5. The first-order valence-electron chi connectivity index (χ1n) is 6.25. The number of rotatable bonds is 1. The highest BCUT2D eigenvalue weighted by Gasteiger charge is 2.28. The minimum atomic E-state index is -0.718. The van der Waals surface area contributed by atoms with Crippen LogP contribution in [0.5, 0.6) is 5.75 Å². The lowest BCUT2D eigenvalue weighted by Crippen LogP contribution is -2.25. The van der Waals surface area contributed by atoms with E-state index in [-0.39, 0.29) is 5.92 Å². The molecule has 3 rings (SSSR count). The average Bonchev–Trinajstić information content (AvgIpc) is 2.38. The largest absolute Gasteiger partial charge is 0.465 e. The van der Waals surface area contributed by atoms with Crippen molar-refractivity contribution >= 4 is 0 Å². The van der Waals surface area contributed by atoms with Gasteiger partial charge in [-0.25, -0.2) is 0 Å². The Labute approximate surface area is 107 Å². The predicted octanol–water partition coefficient (Wildman–Crippen LogP) is 3.23. The highest BCUT2D eigenvalue weighted by molar-refractivity contribution is 5.45. The van der Waals surface area contributed by atoms with Gasteiger partial charge in [0.15, 0.2) is 6.29 Å². The van der Waals surface area contributed by atoms with Crippen molar-refractivity contribution in [3.05, 3.63) is 65.2 Å². The second kappa shape index (κ2) is 4.46. The van der Waals surface area contributed by atoms with Crippen LogP contribution in [-0.4, -0.2) is 11.4 Å². The number of ether oxygens (including phenoxy) is 1. The van der Waals surface area contributed by atoms with Crippen LogP contribution >= 0.6 is 0 Å². The molecule has 92 valence electrons. The molecule has 0 aromatic heterocycles. The maximum absolute atomic E-state index is 9.86. The zero-order valence-corrected chi connectivity index (χ0v) is 10.3. The van der Waals surface area contributed by atoms with Gasteiger partial charge in [0.2, 0.25) is 0 Å². The van der Waals surface area contributed by atoms with Gasteiger partial charge in [0.25, 0.3) is 0 Å². The second-order valence-electron chi connectivity index (χ2n) is 4.76. The Bertz CT molecular complexity index is 563. The summed E-state index contributed by atoms with van der Waals surface area (Å²) in [6, 6.07) is 16.3. The molecule has 1 heterocycles. The lowest BCUT2D eigenvalue weighted by atomic mass is 9.84. The van der Waals surface area contributed by atoms with Crippen LogP contribution in [0.4, 0.5) is 0 Å². The quantitative estimate of drug-likeness (QED) is 0.829. The molecule has 2 nitrogen and oxygen atoms in total. The van der Waals surface area contributed by atoms with Gasteiger partial charge in [-0.1, -0.05) is 42.5 Å². The molecule has 1 N–H and O–H groups in total. The molecule has 2 aromatic rings. The molecule has 0 aliphatic carbocycles. The Morgan fingerprint density at radius 2 is 1.67 bits per heavy atom. The van der Waals surface area contributed by atoms with Gasteiger partial charge >= 0.3 is 0 Å². The van der Waals surface area contributed by atoms with Gasteiger partial charge in [-0.05, 0) is 24.1 Å². The summed E-state index contributed by atoms with van der Waals surface area (Å²) < 4.78 is 5.48. The van der Waals surface area contributed by atoms with E-state index in [0.29, 0.717) is 6.42 Å². The summed E-state index contributed by atoms with van der Waals surface area (Å²) in [5.74, 6) is 1.01. The fraction of sp³-hybridized carbons (Fsp3) is 0.250. The van der Waals surface area contributed by atoms with Crippen molar-refractivity contribution in [2.75, 3.05) is 0 Å². The molecule has 1 unspecified atom stereocenters. The Morgan fingerprint density at radius 1 is 1.00 bits per heavy atom. The molecule has 0 bridgehead atoms. The predicted molar refractivity (Wildman–Crippen MR) is 70.7 cm³/mol. The number of aryl methyl sites for hydroxylation is 1. The molecule has 0 radical (unpaired) electrons. The topological polar surface area (TPSA) is 29.5 Å². The maximum Gasteiger partial charge on any atom is 0.198 e. The molecule has 2 aromatic carbocycles. The van der Waals surface area contributed by atoms with Crippen LogP contribution in [-0.2, 0) is 0 Å². The van der Waals surface area contributed by atoms with Crippen LogP contribution in [0.3, 0.4) is 0 Å². The average molecular weight is 240 g/mol. The van der Waals surface area contributed by atoms with Gasteiger partial charge in [-0.15, -0.1) is 0 Å². The standard InChI is InChI=1S/C16H16O2/c1-11-6-2-3-7-12(11)14-10-16(17)18-15-9-5-4-8-13(14)15/h2-9,14,16-17H,10H2,1H3/t14-,16?/m0/s1. The van der Waals surface area contributed by atoms with Crippen molar-refractivity contribution in [3.63, 3.8) is 0 Å². The van der Waals surface area contributed by atoms with Crippen LogP contribution in [0.25, 0.3) is 0 Å². The third-order valence-corrected chi connectivity index (χ3v) is 3.56. The normalized spacial score (nSPS) is 22.1. The lowest BCUT2D eigenvalue weighted by Gasteiger charge is -2.30. The Kier molecular flexibility index (Phi) is 2.80. The van der Waals surface area contributed by atoms with Crippen molar-refractivity contribution in [1.82, 2.24) is 0 Å². The molecule has 1 aliphatic rings. The molecule has 0 fully saturated rings. The van der Waals surface area contributed by atoms with Gasteiger partial charge in [0.05, 0.1) is 0 Å². The number of aliphatic hydroxyl groups excluding tert-OH is 1. The molecule has 0 saturated heterocycles. The molecule has 2 atom stereocenters. The third-order valence-electron chi connectivity index (χ3n) is 3.56. The SMILES string of the molecule is Cc1ccccc1[C@@H]1CC(O)Oc2ccccc21. The zero-order valence-electron chi connectivity index (χ0n) is 10.3. The first kappa shape index (κ1) is 11.3. The number of hydrogen-bond donors (Lipinski definition) is 1. The molecule has 1 aliphatic heterocycles. The molecule has 0 saturated carbocycles. The van der Waals surface area contributed by atoms with E-state index < -0.39 is 6.29 Å². The molecule has 18 heavy (non-hydrogen) atoms. The summed E-state index contributed by atoms with van der Waals surface area (Å²) in [7, 11) is 0. The number of fused-ring (bicyclic) bond motifs is 1. The van der Waals surface area contributed by atoms with Gasteiger partial charge in [-0.3, -0.25) is 0 Å². The molecular formula is C16H16O2. The van der Waals surface area contributed by atoms with Crippen LogP contribution < -0.4 is 4.74 Å². The fourth-order valence-electron chi connectivity index (χ4n) is 2.67. The Hall–Kier alpha value is -1.80. The van der Waals surface area contributed by atoms with E-state index in [9.17, 15) is 5.11 Å². The highest BCUT2D eigenvalue weighted by Crippen LogP contribution is 2.40. The first-order chi connectivity index (χ1) is 8.75.